The number of hydrogen-bond donors (Lipinski definition) is 1. The van der Waals surface area contributed by atoms with Crippen LogP contribution < -0.4 is 5.32 Å². The van der Waals surface area contributed by atoms with Gasteiger partial charge in [-0.3, -0.25) is 4.79 Å². The summed E-state index contributed by atoms with van der Waals surface area (Å²) in [7, 11) is 0. The van der Waals surface area contributed by atoms with Crippen molar-refractivity contribution in [2.75, 3.05) is 13.1 Å². The highest BCUT2D eigenvalue weighted by atomic mass is 16.2. The molecule has 1 aliphatic heterocycles. The Morgan fingerprint density at radius 3 is 2.57 bits per heavy atom. The average Bonchev–Trinajstić information content (AvgIpc) is 3.33. The zero-order valence-corrected chi connectivity index (χ0v) is 13.0. The summed E-state index contributed by atoms with van der Waals surface area (Å²) in [6, 6.07) is 9.35. The third-order valence-corrected chi connectivity index (χ3v) is 4.61. The molecule has 1 atom stereocenters. The minimum atomic E-state index is 0.300. The number of hydrogen-bond acceptors (Lipinski definition) is 2. The predicted octanol–water partition coefficient (Wildman–Crippen LogP) is 2.67. The monoisotopic (exact) mass is 286 g/mol. The molecule has 0 radical (unpaired) electrons. The predicted molar refractivity (Wildman–Crippen MR) is 85.3 cm³/mol. The molecule has 1 heterocycles. The minimum Gasteiger partial charge on any atom is -0.338 e. The van der Waals surface area contributed by atoms with E-state index in [1.165, 1.54) is 37.7 Å². The van der Waals surface area contributed by atoms with Gasteiger partial charge in [0, 0.05) is 18.6 Å². The van der Waals surface area contributed by atoms with Crippen molar-refractivity contribution in [3.63, 3.8) is 0 Å². The summed E-state index contributed by atoms with van der Waals surface area (Å²) < 4.78 is 0. The van der Waals surface area contributed by atoms with Crippen molar-refractivity contribution in [2.24, 2.45) is 0 Å². The summed E-state index contributed by atoms with van der Waals surface area (Å²) in [6.07, 6.45) is 6.70. The van der Waals surface area contributed by atoms with Crippen molar-refractivity contribution in [2.45, 2.75) is 57.5 Å². The largest absolute Gasteiger partial charge is 0.338 e. The molecular weight excluding hydrogens is 260 g/mol. The smallest absolute Gasteiger partial charge is 0.227 e. The molecule has 0 bridgehead atoms. The third kappa shape index (κ3) is 4.07. The highest BCUT2D eigenvalue weighted by Crippen LogP contribution is 2.28. The summed E-state index contributed by atoms with van der Waals surface area (Å²) in [5.41, 5.74) is 2.38. The van der Waals surface area contributed by atoms with Crippen LogP contribution in [0.5, 0.6) is 0 Å². The van der Waals surface area contributed by atoms with Gasteiger partial charge in [-0.05, 0) is 44.7 Å². The van der Waals surface area contributed by atoms with E-state index in [4.69, 9.17) is 0 Å². The molecule has 1 amide bonds. The van der Waals surface area contributed by atoms with Crippen LogP contribution in [-0.2, 0) is 11.2 Å². The van der Waals surface area contributed by atoms with E-state index in [1.54, 1.807) is 0 Å². The van der Waals surface area contributed by atoms with Crippen molar-refractivity contribution in [1.29, 1.82) is 0 Å². The van der Waals surface area contributed by atoms with Crippen molar-refractivity contribution in [3.05, 3.63) is 35.4 Å². The van der Waals surface area contributed by atoms with Gasteiger partial charge in [0.25, 0.3) is 0 Å². The van der Waals surface area contributed by atoms with Gasteiger partial charge in [-0.25, -0.2) is 0 Å². The molecule has 2 fully saturated rings. The molecule has 2 aliphatic rings. The molecule has 0 aromatic heterocycles. The maximum atomic E-state index is 12.7. The molecule has 114 valence electrons. The molecular formula is C18H26N2O. The van der Waals surface area contributed by atoms with Gasteiger partial charge < -0.3 is 10.2 Å². The van der Waals surface area contributed by atoms with Crippen LogP contribution in [0.15, 0.2) is 24.3 Å². The van der Waals surface area contributed by atoms with Crippen LogP contribution in [0.1, 0.15) is 43.2 Å². The third-order valence-electron chi connectivity index (χ3n) is 4.61. The van der Waals surface area contributed by atoms with Crippen molar-refractivity contribution < 1.29 is 4.79 Å². The number of aryl methyl sites for hydroxylation is 1. The van der Waals surface area contributed by atoms with Gasteiger partial charge in [0.05, 0.1) is 6.42 Å². The van der Waals surface area contributed by atoms with Crippen LogP contribution in [0.3, 0.4) is 0 Å². The highest BCUT2D eigenvalue weighted by Gasteiger charge is 2.33. The summed E-state index contributed by atoms with van der Waals surface area (Å²) in [6.45, 7) is 4.08. The quantitative estimate of drug-likeness (QED) is 0.902. The Morgan fingerprint density at radius 1 is 1.19 bits per heavy atom. The number of nitrogens with zero attached hydrogens (tertiary/aromatic N) is 1. The Labute approximate surface area is 127 Å². The van der Waals surface area contributed by atoms with Crippen LogP contribution in [0.2, 0.25) is 0 Å². The molecule has 3 nitrogen and oxygen atoms in total. The Bertz CT molecular complexity index is 472. The lowest BCUT2D eigenvalue weighted by Crippen LogP contribution is -2.47. The van der Waals surface area contributed by atoms with Crippen molar-refractivity contribution in [3.8, 4) is 0 Å². The Morgan fingerprint density at radius 2 is 1.95 bits per heavy atom. The number of carbonyl (C=O) groups excluding carboxylic acids is 1. The summed E-state index contributed by atoms with van der Waals surface area (Å²) in [4.78, 5) is 14.8. The second-order valence-electron chi connectivity index (χ2n) is 6.59. The number of rotatable bonds is 5. The van der Waals surface area contributed by atoms with Crippen LogP contribution in [0.4, 0.5) is 0 Å². The lowest BCUT2D eigenvalue weighted by Gasteiger charge is -2.31. The fraction of sp³-hybridized carbons (Fsp3) is 0.611. The lowest BCUT2D eigenvalue weighted by molar-refractivity contribution is -0.131. The van der Waals surface area contributed by atoms with E-state index in [0.717, 1.165) is 18.7 Å². The Kier molecular flexibility index (Phi) is 4.59. The highest BCUT2D eigenvalue weighted by molar-refractivity contribution is 5.79. The molecule has 1 unspecified atom stereocenters. The van der Waals surface area contributed by atoms with E-state index < -0.39 is 0 Å². The molecule has 1 saturated heterocycles. The molecule has 3 rings (SSSR count). The van der Waals surface area contributed by atoms with E-state index in [-0.39, 0.29) is 0 Å². The van der Waals surface area contributed by atoms with E-state index in [1.807, 2.05) is 0 Å². The van der Waals surface area contributed by atoms with E-state index >= 15 is 0 Å². The zero-order valence-electron chi connectivity index (χ0n) is 13.0. The van der Waals surface area contributed by atoms with Gasteiger partial charge in [-0.2, -0.15) is 0 Å². The van der Waals surface area contributed by atoms with E-state index in [2.05, 4.69) is 41.4 Å². The average molecular weight is 286 g/mol. The van der Waals surface area contributed by atoms with Gasteiger partial charge in [0.2, 0.25) is 5.91 Å². The van der Waals surface area contributed by atoms with Crippen LogP contribution in [0.25, 0.3) is 0 Å². The van der Waals surface area contributed by atoms with Crippen LogP contribution in [-0.4, -0.2) is 36.0 Å². The first-order valence-corrected chi connectivity index (χ1v) is 8.31. The number of piperidine rings is 1. The van der Waals surface area contributed by atoms with Crippen molar-refractivity contribution in [1.82, 2.24) is 10.2 Å². The second-order valence-corrected chi connectivity index (χ2v) is 6.59. The molecule has 1 aliphatic carbocycles. The van der Waals surface area contributed by atoms with Gasteiger partial charge in [-0.15, -0.1) is 0 Å². The van der Waals surface area contributed by atoms with E-state index in [0.29, 0.717) is 24.4 Å². The first kappa shape index (κ1) is 14.6. The van der Waals surface area contributed by atoms with Gasteiger partial charge in [-0.1, -0.05) is 36.2 Å². The number of amides is 1. The first-order valence-electron chi connectivity index (χ1n) is 8.31. The number of nitrogens with one attached hydrogen (secondary N) is 1. The molecule has 3 heteroatoms. The summed E-state index contributed by atoms with van der Waals surface area (Å²) >= 11 is 0. The molecule has 1 aromatic carbocycles. The molecule has 1 saturated carbocycles. The molecule has 21 heavy (non-hydrogen) atoms. The maximum absolute atomic E-state index is 12.7. The normalized spacial score (nSPS) is 22.0. The zero-order chi connectivity index (χ0) is 14.7. The van der Waals surface area contributed by atoms with Gasteiger partial charge in [0.1, 0.15) is 0 Å². The van der Waals surface area contributed by atoms with Gasteiger partial charge >= 0.3 is 0 Å². The van der Waals surface area contributed by atoms with Gasteiger partial charge in [0.15, 0.2) is 0 Å². The first-order chi connectivity index (χ1) is 10.2. The van der Waals surface area contributed by atoms with Crippen LogP contribution >= 0.6 is 0 Å². The van der Waals surface area contributed by atoms with E-state index in [9.17, 15) is 4.79 Å². The number of benzene rings is 1. The standard InChI is InChI=1S/C18H26N2O/c1-14-5-7-15(8-6-14)12-18(21)20(17-9-10-17)13-16-4-2-3-11-19-16/h5-8,16-17,19H,2-4,9-13H2,1H3. The molecule has 0 spiro atoms. The van der Waals surface area contributed by atoms with Crippen molar-refractivity contribution >= 4 is 5.91 Å². The molecule has 1 aromatic rings. The lowest BCUT2D eigenvalue weighted by atomic mass is 10.0. The second kappa shape index (κ2) is 6.61. The topological polar surface area (TPSA) is 32.3 Å². The Balaban J connectivity index is 1.60. The maximum Gasteiger partial charge on any atom is 0.227 e. The Hall–Kier alpha value is -1.35. The summed E-state index contributed by atoms with van der Waals surface area (Å²) in [5.74, 6) is 0.300. The summed E-state index contributed by atoms with van der Waals surface area (Å²) in [5, 5.41) is 3.56. The molecule has 1 N–H and O–H groups in total. The fourth-order valence-electron chi connectivity index (χ4n) is 3.14. The van der Waals surface area contributed by atoms with Crippen LogP contribution in [0, 0.1) is 6.92 Å². The SMILES string of the molecule is Cc1ccc(CC(=O)N(CC2CCCCN2)C2CC2)cc1. The fourth-order valence-corrected chi connectivity index (χ4v) is 3.14. The minimum absolute atomic E-state index is 0.300. The number of carbonyl (C=O) groups is 1.